The van der Waals surface area contributed by atoms with Gasteiger partial charge in [0, 0.05) is 5.69 Å². The van der Waals surface area contributed by atoms with Crippen LogP contribution in [0.25, 0.3) is 0 Å². The first kappa shape index (κ1) is 22.4. The average molecular weight is 465 g/mol. The molecule has 1 amide bonds. The van der Waals surface area contributed by atoms with Crippen molar-refractivity contribution >= 4 is 38.9 Å². The SMILES string of the molecule is COc1ccc(NC(=O)COc2ccccc2F)cc1S(=O)(=O)Nc1ccccc1Cl. The summed E-state index contributed by atoms with van der Waals surface area (Å²) < 4.78 is 52.1. The molecule has 3 aromatic carbocycles. The van der Waals surface area contributed by atoms with Crippen molar-refractivity contribution in [3.8, 4) is 11.5 Å². The minimum atomic E-state index is -4.09. The molecule has 0 saturated heterocycles. The molecule has 0 aliphatic heterocycles. The van der Waals surface area contributed by atoms with Crippen LogP contribution < -0.4 is 19.5 Å². The van der Waals surface area contributed by atoms with Crippen LogP contribution in [0.1, 0.15) is 0 Å². The first-order valence-corrected chi connectivity index (χ1v) is 10.8. The largest absolute Gasteiger partial charge is 0.495 e. The van der Waals surface area contributed by atoms with Crippen molar-refractivity contribution in [2.24, 2.45) is 0 Å². The smallest absolute Gasteiger partial charge is 0.265 e. The highest BCUT2D eigenvalue weighted by Gasteiger charge is 2.22. The number of ether oxygens (including phenoxy) is 2. The number of amides is 1. The number of para-hydroxylation sites is 2. The third-order valence-corrected chi connectivity index (χ3v) is 5.77. The van der Waals surface area contributed by atoms with E-state index < -0.39 is 28.4 Å². The molecule has 0 saturated carbocycles. The van der Waals surface area contributed by atoms with E-state index in [0.717, 1.165) is 0 Å². The summed E-state index contributed by atoms with van der Waals surface area (Å²) in [5.74, 6) is -1.20. The maximum Gasteiger partial charge on any atom is 0.265 e. The number of anilines is 2. The summed E-state index contributed by atoms with van der Waals surface area (Å²) in [4.78, 5) is 12.0. The molecule has 0 fully saturated rings. The molecule has 2 N–H and O–H groups in total. The highest BCUT2D eigenvalue weighted by molar-refractivity contribution is 7.92. The van der Waals surface area contributed by atoms with Crippen molar-refractivity contribution < 1.29 is 27.1 Å². The third kappa shape index (κ3) is 5.65. The molecule has 0 spiro atoms. The zero-order valence-corrected chi connectivity index (χ0v) is 17.8. The maximum atomic E-state index is 13.6. The van der Waals surface area contributed by atoms with Crippen LogP contribution in [-0.4, -0.2) is 28.0 Å². The quantitative estimate of drug-likeness (QED) is 0.518. The molecule has 0 bridgehead atoms. The van der Waals surface area contributed by atoms with Gasteiger partial charge in [0.05, 0.1) is 17.8 Å². The van der Waals surface area contributed by atoms with E-state index in [0.29, 0.717) is 0 Å². The Bertz CT molecular complexity index is 1200. The number of benzene rings is 3. The van der Waals surface area contributed by atoms with Gasteiger partial charge in [0.15, 0.2) is 18.2 Å². The number of carbonyl (C=O) groups is 1. The van der Waals surface area contributed by atoms with Crippen LogP contribution in [0.5, 0.6) is 11.5 Å². The maximum absolute atomic E-state index is 13.6. The molecule has 162 valence electrons. The molecular formula is C21H18ClFN2O5S. The molecule has 0 unspecified atom stereocenters. The Morgan fingerprint density at radius 2 is 1.74 bits per heavy atom. The average Bonchev–Trinajstić information content (AvgIpc) is 2.74. The number of methoxy groups -OCH3 is 1. The van der Waals surface area contributed by atoms with Gasteiger partial charge in [-0.15, -0.1) is 0 Å². The van der Waals surface area contributed by atoms with E-state index in [2.05, 4.69) is 10.0 Å². The molecule has 0 aromatic heterocycles. The number of hydrogen-bond donors (Lipinski definition) is 2. The molecule has 0 atom stereocenters. The lowest BCUT2D eigenvalue weighted by molar-refractivity contribution is -0.118. The molecule has 10 heteroatoms. The van der Waals surface area contributed by atoms with Crippen molar-refractivity contribution in [2.75, 3.05) is 23.8 Å². The highest BCUT2D eigenvalue weighted by Crippen LogP contribution is 2.30. The summed E-state index contributed by atoms with van der Waals surface area (Å²) in [5.41, 5.74) is 0.376. The van der Waals surface area contributed by atoms with Crippen LogP contribution in [0.4, 0.5) is 15.8 Å². The molecular weight excluding hydrogens is 447 g/mol. The summed E-state index contributed by atoms with van der Waals surface area (Å²) in [7, 11) is -2.77. The minimum absolute atomic E-state index is 0.0696. The lowest BCUT2D eigenvalue weighted by atomic mass is 10.3. The third-order valence-electron chi connectivity index (χ3n) is 4.05. The fourth-order valence-electron chi connectivity index (χ4n) is 2.61. The Balaban J connectivity index is 1.77. The summed E-state index contributed by atoms with van der Waals surface area (Å²) in [5, 5.41) is 2.73. The standard InChI is InChI=1S/C21H18ClFN2O5S/c1-29-19-11-10-14(24-21(26)13-30-18-9-5-3-7-16(18)23)12-20(19)31(27,28)25-17-8-4-2-6-15(17)22/h2-12,25H,13H2,1H3,(H,24,26). The van der Waals surface area contributed by atoms with Gasteiger partial charge in [0.1, 0.15) is 10.6 Å². The minimum Gasteiger partial charge on any atom is -0.495 e. The van der Waals surface area contributed by atoms with E-state index in [1.54, 1.807) is 24.3 Å². The summed E-state index contributed by atoms with van der Waals surface area (Å²) in [6, 6.07) is 16.1. The molecule has 31 heavy (non-hydrogen) atoms. The van der Waals surface area contributed by atoms with Crippen LogP contribution >= 0.6 is 11.6 Å². The first-order chi connectivity index (χ1) is 14.8. The predicted molar refractivity (Wildman–Crippen MR) is 116 cm³/mol. The van der Waals surface area contributed by atoms with Crippen LogP contribution in [0.2, 0.25) is 5.02 Å². The van der Waals surface area contributed by atoms with E-state index in [1.165, 1.54) is 49.6 Å². The van der Waals surface area contributed by atoms with Crippen LogP contribution in [0.3, 0.4) is 0 Å². The van der Waals surface area contributed by atoms with Gasteiger partial charge >= 0.3 is 0 Å². The Hall–Kier alpha value is -3.30. The van der Waals surface area contributed by atoms with Crippen molar-refractivity contribution in [1.29, 1.82) is 0 Å². The second-order valence-corrected chi connectivity index (χ2v) is 8.28. The van der Waals surface area contributed by atoms with Crippen LogP contribution in [0.15, 0.2) is 71.6 Å². The van der Waals surface area contributed by atoms with Gasteiger partial charge < -0.3 is 14.8 Å². The first-order valence-electron chi connectivity index (χ1n) is 8.93. The summed E-state index contributed by atoms with van der Waals surface area (Å²) in [6.07, 6.45) is 0. The number of hydrogen-bond acceptors (Lipinski definition) is 5. The number of rotatable bonds is 8. The lowest BCUT2D eigenvalue weighted by Gasteiger charge is -2.14. The Labute approximate surface area is 183 Å². The zero-order chi connectivity index (χ0) is 22.4. The van der Waals surface area contributed by atoms with Crippen LogP contribution in [0, 0.1) is 5.82 Å². The van der Waals surface area contributed by atoms with Crippen molar-refractivity contribution in [3.05, 3.63) is 77.6 Å². The zero-order valence-electron chi connectivity index (χ0n) is 16.3. The fraction of sp³-hybridized carbons (Fsp3) is 0.0952. The van der Waals surface area contributed by atoms with Gasteiger partial charge in [-0.05, 0) is 42.5 Å². The second kappa shape index (κ2) is 9.67. The normalized spacial score (nSPS) is 10.9. The number of carbonyl (C=O) groups excluding carboxylic acids is 1. The fourth-order valence-corrected chi connectivity index (χ4v) is 4.13. The Morgan fingerprint density at radius 3 is 2.45 bits per heavy atom. The van der Waals surface area contributed by atoms with E-state index in [-0.39, 0.29) is 32.8 Å². The second-order valence-electron chi connectivity index (χ2n) is 6.22. The topological polar surface area (TPSA) is 93.7 Å². The monoisotopic (exact) mass is 464 g/mol. The molecule has 3 aromatic rings. The highest BCUT2D eigenvalue weighted by atomic mass is 35.5. The molecule has 0 radical (unpaired) electrons. The lowest BCUT2D eigenvalue weighted by Crippen LogP contribution is -2.21. The number of sulfonamides is 1. The van der Waals surface area contributed by atoms with Gasteiger partial charge in [-0.1, -0.05) is 35.9 Å². The molecule has 0 aliphatic carbocycles. The molecule has 0 heterocycles. The number of halogens is 2. The van der Waals surface area contributed by atoms with Gasteiger partial charge in [0.2, 0.25) is 0 Å². The molecule has 3 rings (SSSR count). The molecule has 7 nitrogen and oxygen atoms in total. The van der Waals surface area contributed by atoms with Crippen molar-refractivity contribution in [2.45, 2.75) is 4.90 Å². The van der Waals surface area contributed by atoms with Gasteiger partial charge in [-0.3, -0.25) is 9.52 Å². The van der Waals surface area contributed by atoms with E-state index in [9.17, 15) is 17.6 Å². The van der Waals surface area contributed by atoms with E-state index in [4.69, 9.17) is 21.1 Å². The van der Waals surface area contributed by atoms with Gasteiger partial charge in [0.25, 0.3) is 15.9 Å². The van der Waals surface area contributed by atoms with Crippen molar-refractivity contribution in [1.82, 2.24) is 0 Å². The van der Waals surface area contributed by atoms with E-state index >= 15 is 0 Å². The van der Waals surface area contributed by atoms with Crippen LogP contribution in [-0.2, 0) is 14.8 Å². The number of nitrogens with one attached hydrogen (secondary N) is 2. The Morgan fingerprint density at radius 1 is 1.03 bits per heavy atom. The summed E-state index contributed by atoms with van der Waals surface area (Å²) >= 11 is 6.03. The van der Waals surface area contributed by atoms with Gasteiger partial charge in [-0.25, -0.2) is 12.8 Å². The van der Waals surface area contributed by atoms with Gasteiger partial charge in [-0.2, -0.15) is 0 Å². The predicted octanol–water partition coefficient (Wildman–Crippen LogP) is 4.31. The van der Waals surface area contributed by atoms with Crippen molar-refractivity contribution in [3.63, 3.8) is 0 Å². The van der Waals surface area contributed by atoms with E-state index in [1.807, 2.05) is 0 Å². The Kier molecular flexibility index (Phi) is 6.98. The molecule has 0 aliphatic rings. The summed E-state index contributed by atoms with van der Waals surface area (Å²) in [6.45, 7) is -0.465.